The van der Waals surface area contributed by atoms with E-state index in [1.165, 1.54) is 15.9 Å². The van der Waals surface area contributed by atoms with Crippen LogP contribution >= 0.6 is 11.3 Å². The van der Waals surface area contributed by atoms with Gasteiger partial charge in [0, 0.05) is 42.8 Å². The number of aryl methyl sites for hydroxylation is 1. The van der Waals surface area contributed by atoms with Gasteiger partial charge in [-0.2, -0.15) is 4.39 Å². The summed E-state index contributed by atoms with van der Waals surface area (Å²) in [6.45, 7) is -1.07. The number of carbonyl (C=O) groups is 3. The number of fused-ring (bicyclic) bond motifs is 1. The highest BCUT2D eigenvalue weighted by molar-refractivity contribution is 7.14. The lowest BCUT2D eigenvalue weighted by atomic mass is 9.90. The number of pyridine rings is 1. The van der Waals surface area contributed by atoms with Crippen molar-refractivity contribution in [2.45, 2.75) is 70.3 Å². The number of benzene rings is 1. The molecule has 232 valence electrons. The van der Waals surface area contributed by atoms with Crippen LogP contribution in [0.3, 0.4) is 0 Å². The van der Waals surface area contributed by atoms with E-state index < -0.39 is 23.9 Å². The van der Waals surface area contributed by atoms with Gasteiger partial charge in [0.1, 0.15) is 17.3 Å². The molecule has 2 aromatic heterocycles. The molecule has 1 N–H and O–H groups in total. The van der Waals surface area contributed by atoms with E-state index in [0.29, 0.717) is 47.7 Å². The number of aromatic nitrogens is 2. The molecule has 3 heterocycles. The Labute approximate surface area is 257 Å². The molecule has 12 heteroatoms. The molecule has 1 aromatic carbocycles. The van der Waals surface area contributed by atoms with Gasteiger partial charge in [0.25, 0.3) is 0 Å². The predicted molar refractivity (Wildman–Crippen MR) is 162 cm³/mol. The van der Waals surface area contributed by atoms with Crippen molar-refractivity contribution in [3.05, 3.63) is 41.2 Å². The minimum absolute atomic E-state index is 0.0154. The number of nitrogens with zero attached hydrogens (tertiary/aromatic N) is 4. The monoisotopic (exact) mass is 624 g/mol. The van der Waals surface area contributed by atoms with Gasteiger partial charge < -0.3 is 9.84 Å². The third-order valence-electron chi connectivity index (χ3n) is 8.81. The van der Waals surface area contributed by atoms with Gasteiger partial charge in [0.15, 0.2) is 5.13 Å². The van der Waals surface area contributed by atoms with Gasteiger partial charge in [0.2, 0.25) is 23.8 Å². The smallest absolute Gasteiger partial charge is 0.304 e. The third kappa shape index (κ3) is 6.17. The Morgan fingerprint density at radius 1 is 1.16 bits per heavy atom. The Balaban J connectivity index is 1.38. The molecular weight excluding hydrogens is 590 g/mol. The van der Waals surface area contributed by atoms with Crippen LogP contribution < -0.4 is 14.5 Å². The molecule has 0 spiro atoms. The molecule has 3 aromatic rings. The average molecular weight is 625 g/mol. The second-order valence-electron chi connectivity index (χ2n) is 11.9. The third-order valence-corrected chi connectivity index (χ3v) is 9.66. The summed E-state index contributed by atoms with van der Waals surface area (Å²) in [5.74, 6) is -1.04. The van der Waals surface area contributed by atoms with Crippen LogP contribution in [0, 0.1) is 17.0 Å². The molecule has 6 rings (SSSR count). The summed E-state index contributed by atoms with van der Waals surface area (Å²) in [6, 6.07) is 6.53. The summed E-state index contributed by atoms with van der Waals surface area (Å²) in [5.41, 5.74) is 2.44. The van der Waals surface area contributed by atoms with E-state index in [4.69, 9.17) is 4.74 Å². The molecule has 44 heavy (non-hydrogen) atoms. The highest BCUT2D eigenvalue weighted by Gasteiger charge is 2.41. The minimum Gasteiger partial charge on any atom is -0.481 e. The van der Waals surface area contributed by atoms with Crippen molar-refractivity contribution in [2.24, 2.45) is 11.8 Å². The molecule has 1 unspecified atom stereocenters. The zero-order chi connectivity index (χ0) is 31.0. The highest BCUT2D eigenvalue weighted by Crippen LogP contribution is 2.43. The molecule has 2 amide bonds. The van der Waals surface area contributed by atoms with Crippen molar-refractivity contribution < 1.29 is 33.0 Å². The predicted octanol–water partition coefficient (Wildman–Crippen LogP) is 6.39. The first-order chi connectivity index (χ1) is 21.2. The Hall–Kier alpha value is -3.93. The van der Waals surface area contributed by atoms with Gasteiger partial charge >= 0.3 is 5.97 Å². The molecule has 2 aliphatic carbocycles. The van der Waals surface area contributed by atoms with Gasteiger partial charge in [-0.1, -0.05) is 37.0 Å². The number of hydrogen-bond acceptors (Lipinski definition) is 7. The van der Waals surface area contributed by atoms with Crippen molar-refractivity contribution >= 4 is 40.1 Å². The molecule has 0 radical (unpaired) electrons. The van der Waals surface area contributed by atoms with Gasteiger partial charge in [-0.05, 0) is 67.0 Å². The van der Waals surface area contributed by atoms with E-state index in [-0.39, 0.29) is 40.9 Å². The summed E-state index contributed by atoms with van der Waals surface area (Å²) in [4.78, 5) is 50.0. The van der Waals surface area contributed by atoms with Crippen LogP contribution in [0.4, 0.5) is 19.7 Å². The Kier molecular flexibility index (Phi) is 8.61. The van der Waals surface area contributed by atoms with E-state index in [0.717, 1.165) is 55.4 Å². The Morgan fingerprint density at radius 2 is 1.93 bits per heavy atom. The van der Waals surface area contributed by atoms with E-state index in [9.17, 15) is 23.9 Å². The largest absolute Gasteiger partial charge is 0.481 e. The number of alkyl halides is 1. The summed E-state index contributed by atoms with van der Waals surface area (Å²) >= 11 is 0.745. The molecule has 2 fully saturated rings. The van der Waals surface area contributed by atoms with Crippen LogP contribution in [-0.2, 0) is 20.8 Å². The standard InChI is InChI=1S/C32H34F2N4O5S/c1-37-26(39)11-6-19-13-21(16-35-30(19)37)24-10-9-23(43-17-33)15-25(24)28-29(34)44-32(36-28)38(22-7-8-22)31(42)20(14-27(40)41)12-18-4-2-3-5-18/h9-10,13,15-16,18,20,22H,2-8,11-12,14,17H2,1H3,(H,40,41). The number of carbonyl (C=O) groups excluding carboxylic acids is 2. The zero-order valence-corrected chi connectivity index (χ0v) is 25.2. The number of thiazole rings is 1. The fraction of sp³-hybridized carbons (Fsp3) is 0.469. The fourth-order valence-corrected chi connectivity index (χ4v) is 7.33. The van der Waals surface area contributed by atoms with Crippen LogP contribution in [0.15, 0.2) is 30.5 Å². The lowest BCUT2D eigenvalue weighted by Gasteiger charge is -2.26. The molecule has 2 saturated carbocycles. The minimum atomic E-state index is -1.07. The number of anilines is 2. The number of carboxylic acid groups (broad SMARTS) is 1. The van der Waals surface area contributed by atoms with Gasteiger partial charge in [-0.3, -0.25) is 24.2 Å². The molecule has 9 nitrogen and oxygen atoms in total. The van der Waals surface area contributed by atoms with Crippen LogP contribution in [0.5, 0.6) is 5.75 Å². The second kappa shape index (κ2) is 12.6. The Morgan fingerprint density at radius 3 is 2.64 bits per heavy atom. The first kappa shape index (κ1) is 30.1. The number of hydrogen-bond donors (Lipinski definition) is 1. The number of amides is 2. The number of carboxylic acids is 1. The molecular formula is C32H34F2N4O5S. The van der Waals surface area contributed by atoms with Crippen molar-refractivity contribution in [3.8, 4) is 28.1 Å². The van der Waals surface area contributed by atoms with Crippen molar-refractivity contribution in [1.29, 1.82) is 0 Å². The van der Waals surface area contributed by atoms with Crippen LogP contribution in [0.2, 0.25) is 0 Å². The molecule has 0 saturated heterocycles. The van der Waals surface area contributed by atoms with E-state index in [2.05, 4.69) is 9.97 Å². The van der Waals surface area contributed by atoms with Crippen LogP contribution in [-0.4, -0.2) is 52.8 Å². The topological polar surface area (TPSA) is 113 Å². The van der Waals surface area contributed by atoms with E-state index in [1.54, 1.807) is 25.4 Å². The quantitative estimate of drug-likeness (QED) is 0.263. The highest BCUT2D eigenvalue weighted by atomic mass is 32.1. The number of rotatable bonds is 11. The van der Waals surface area contributed by atoms with Crippen molar-refractivity contribution in [3.63, 3.8) is 0 Å². The van der Waals surface area contributed by atoms with Crippen molar-refractivity contribution in [1.82, 2.24) is 9.97 Å². The van der Waals surface area contributed by atoms with E-state index >= 15 is 4.39 Å². The summed E-state index contributed by atoms with van der Waals surface area (Å²) in [5, 5.41) is 9.17. The maximum absolute atomic E-state index is 15.9. The first-order valence-corrected chi connectivity index (χ1v) is 15.8. The lowest BCUT2D eigenvalue weighted by molar-refractivity contribution is -0.141. The number of halogens is 2. The second-order valence-corrected chi connectivity index (χ2v) is 12.8. The molecule has 1 atom stereocenters. The summed E-state index contributed by atoms with van der Waals surface area (Å²) in [6.07, 6.45) is 8.26. The molecule has 1 aliphatic heterocycles. The number of aliphatic carboxylic acids is 1. The Bertz CT molecular complexity index is 1590. The normalized spacial score (nSPS) is 17.4. The summed E-state index contributed by atoms with van der Waals surface area (Å²) in [7, 11) is 1.68. The maximum Gasteiger partial charge on any atom is 0.304 e. The average Bonchev–Trinajstić information content (AvgIpc) is 3.55. The van der Waals surface area contributed by atoms with Crippen LogP contribution in [0.1, 0.15) is 63.4 Å². The van der Waals surface area contributed by atoms with Gasteiger partial charge in [-0.25, -0.2) is 14.4 Å². The maximum atomic E-state index is 15.9. The van der Waals surface area contributed by atoms with E-state index in [1.807, 2.05) is 6.07 Å². The first-order valence-electron chi connectivity index (χ1n) is 15.0. The lowest BCUT2D eigenvalue weighted by Crippen LogP contribution is -2.39. The van der Waals surface area contributed by atoms with Crippen LogP contribution in [0.25, 0.3) is 22.4 Å². The van der Waals surface area contributed by atoms with Crippen molar-refractivity contribution in [2.75, 3.05) is 23.7 Å². The SMILES string of the molecule is CN1C(=O)CCc2cc(-c3ccc(OCF)cc3-c3nc(N(C(=O)C(CC(=O)O)CC4CCCC4)C4CC4)sc3F)cnc21. The zero-order valence-electron chi connectivity index (χ0n) is 24.4. The molecule has 0 bridgehead atoms. The molecule has 3 aliphatic rings. The van der Waals surface area contributed by atoms with Gasteiger partial charge in [0.05, 0.1) is 6.42 Å². The summed E-state index contributed by atoms with van der Waals surface area (Å²) < 4.78 is 34.1. The van der Waals surface area contributed by atoms with Gasteiger partial charge in [-0.15, -0.1) is 0 Å². The fourth-order valence-electron chi connectivity index (χ4n) is 6.44. The number of ether oxygens (including phenoxy) is 1.